The molecule has 0 saturated carbocycles. The third kappa shape index (κ3) is 7.99. The second-order valence-corrected chi connectivity index (χ2v) is 13.4. The molecule has 4 aromatic rings. The van der Waals surface area contributed by atoms with Crippen LogP contribution in [-0.4, -0.2) is 70.1 Å². The van der Waals surface area contributed by atoms with Crippen LogP contribution in [0.1, 0.15) is 45.1 Å². The molecule has 0 unspecified atom stereocenters. The van der Waals surface area contributed by atoms with Crippen LogP contribution >= 0.6 is 0 Å². The molecule has 1 aliphatic heterocycles. The van der Waals surface area contributed by atoms with E-state index in [-0.39, 0.29) is 40.6 Å². The Morgan fingerprint density at radius 2 is 1.79 bits per heavy atom. The molecule has 0 spiro atoms. The minimum Gasteiger partial charge on any atom is -0.480 e. The van der Waals surface area contributed by atoms with Crippen LogP contribution in [0.2, 0.25) is 0 Å². The summed E-state index contributed by atoms with van der Waals surface area (Å²) in [5, 5.41) is 13.4. The Morgan fingerprint density at radius 3 is 2.55 bits per heavy atom. The fourth-order valence-electron chi connectivity index (χ4n) is 4.92. The Hall–Kier alpha value is -4.73. The summed E-state index contributed by atoms with van der Waals surface area (Å²) in [6, 6.07) is 13.2. The normalized spacial score (nSPS) is 15.6. The van der Waals surface area contributed by atoms with E-state index in [1.807, 2.05) is 24.3 Å². The first-order valence-corrected chi connectivity index (χ1v) is 16.4. The van der Waals surface area contributed by atoms with Crippen molar-refractivity contribution >= 4 is 27.6 Å². The van der Waals surface area contributed by atoms with Crippen LogP contribution in [0.25, 0.3) is 17.1 Å². The average molecular weight is 674 g/mol. The second kappa shape index (κ2) is 13.6. The van der Waals surface area contributed by atoms with E-state index < -0.39 is 34.2 Å². The van der Waals surface area contributed by atoms with Gasteiger partial charge in [0, 0.05) is 24.4 Å². The lowest BCUT2D eigenvalue weighted by atomic mass is 9.94. The number of halogens is 3. The lowest BCUT2D eigenvalue weighted by molar-refractivity contribution is -0.219. The van der Waals surface area contributed by atoms with Crippen molar-refractivity contribution < 1.29 is 36.2 Å². The number of nitrogens with zero attached hydrogens (tertiary/aromatic N) is 6. The number of rotatable bonds is 6. The molecule has 3 aromatic heterocycles. The van der Waals surface area contributed by atoms with Gasteiger partial charge in [-0.15, -0.1) is 5.10 Å². The van der Waals surface area contributed by atoms with Gasteiger partial charge in [0.05, 0.1) is 11.6 Å². The summed E-state index contributed by atoms with van der Waals surface area (Å²) in [6.07, 6.45) is 2.00. The van der Waals surface area contributed by atoms with Crippen molar-refractivity contribution in [3.05, 3.63) is 66.5 Å². The minimum absolute atomic E-state index is 0.0541. The van der Waals surface area contributed by atoms with Crippen molar-refractivity contribution in [3.63, 3.8) is 0 Å². The molecule has 250 valence electrons. The monoisotopic (exact) mass is 673 g/mol. The molecule has 12 nitrogen and oxygen atoms in total. The van der Waals surface area contributed by atoms with E-state index >= 15 is 0 Å². The topological polar surface area (TPSA) is 152 Å². The van der Waals surface area contributed by atoms with E-state index in [1.54, 1.807) is 6.07 Å². The molecule has 16 heteroatoms. The first kappa shape index (κ1) is 33.6. The molecule has 2 N–H and O–H groups in total. The van der Waals surface area contributed by atoms with Crippen molar-refractivity contribution in [2.45, 2.75) is 57.2 Å². The standard InChI is InChI=1S/C31H34F3N7O5S/c1-30(2,31(32,33)34)20-46-25-15-17-41(38-25)29-28-22-12-7-6-11-21(22)10-5-3-4-8-16-40(19-27(42)43)24-13-9-14-26(37-24)47(44,45)39-23(36-28)18-35-29/h6-7,9,11-15,17-18H,3-5,8,10,16,19-20H2,1-2H3,(H,36,39)(H,42,43). The van der Waals surface area contributed by atoms with Crippen molar-refractivity contribution in [2.75, 3.05) is 29.3 Å². The molecular weight excluding hydrogens is 639 g/mol. The van der Waals surface area contributed by atoms with Gasteiger partial charge in [-0.2, -0.15) is 21.6 Å². The van der Waals surface area contributed by atoms with E-state index in [2.05, 4.69) is 24.8 Å². The zero-order chi connectivity index (χ0) is 33.8. The Labute approximate surface area is 269 Å². The van der Waals surface area contributed by atoms with Gasteiger partial charge in [0.1, 0.15) is 24.7 Å². The highest BCUT2D eigenvalue weighted by atomic mass is 32.2. The number of pyridine rings is 1. The van der Waals surface area contributed by atoms with Gasteiger partial charge in [-0.05, 0) is 50.8 Å². The van der Waals surface area contributed by atoms with E-state index in [0.29, 0.717) is 24.9 Å². The number of hydrogen-bond acceptors (Lipinski definition) is 9. The number of benzene rings is 1. The van der Waals surface area contributed by atoms with Crippen molar-refractivity contribution in [1.82, 2.24) is 24.7 Å². The fraction of sp³-hybridized carbons (Fsp3) is 0.387. The number of aliphatic carboxylic acids is 1. The quantitative estimate of drug-likeness (QED) is 0.268. The van der Waals surface area contributed by atoms with Crippen LogP contribution in [0.5, 0.6) is 5.88 Å². The van der Waals surface area contributed by atoms with E-state index in [4.69, 9.17) is 4.74 Å². The summed E-state index contributed by atoms with van der Waals surface area (Å²) in [6.45, 7) is 1.46. The van der Waals surface area contributed by atoms with E-state index in [9.17, 15) is 31.5 Å². The van der Waals surface area contributed by atoms with Crippen LogP contribution < -0.4 is 14.4 Å². The summed E-state index contributed by atoms with van der Waals surface area (Å²) in [7, 11) is -4.30. The number of ether oxygens (including phenoxy) is 1. The number of carbonyl (C=O) groups is 1. The summed E-state index contributed by atoms with van der Waals surface area (Å²) >= 11 is 0. The predicted molar refractivity (Wildman–Crippen MR) is 167 cm³/mol. The molecule has 4 heterocycles. The Kier molecular flexibility index (Phi) is 9.70. The number of aromatic nitrogens is 5. The molecule has 5 rings (SSSR count). The number of carboxylic acids is 1. The number of aryl methyl sites for hydroxylation is 1. The molecule has 0 fully saturated rings. The Balaban J connectivity index is 1.55. The maximum Gasteiger partial charge on any atom is 0.397 e. The van der Waals surface area contributed by atoms with Crippen LogP contribution in [0, 0.1) is 5.41 Å². The lowest BCUT2D eigenvalue weighted by Crippen LogP contribution is -2.37. The average Bonchev–Trinajstić information content (AvgIpc) is 3.49. The van der Waals surface area contributed by atoms with Gasteiger partial charge in [0.2, 0.25) is 5.88 Å². The van der Waals surface area contributed by atoms with Crippen LogP contribution in [0.4, 0.5) is 24.8 Å². The molecule has 0 radical (unpaired) electrons. The van der Waals surface area contributed by atoms with Crippen LogP contribution in [0.15, 0.2) is 66.0 Å². The predicted octanol–water partition coefficient (Wildman–Crippen LogP) is 5.50. The summed E-state index contributed by atoms with van der Waals surface area (Å²) in [5.74, 6) is -0.823. The van der Waals surface area contributed by atoms with Gasteiger partial charge in [0.25, 0.3) is 10.0 Å². The first-order chi connectivity index (χ1) is 22.2. The largest absolute Gasteiger partial charge is 0.480 e. The van der Waals surface area contributed by atoms with Gasteiger partial charge in [-0.1, -0.05) is 43.2 Å². The molecule has 4 bridgehead atoms. The third-order valence-corrected chi connectivity index (χ3v) is 8.91. The highest BCUT2D eigenvalue weighted by Gasteiger charge is 2.48. The summed E-state index contributed by atoms with van der Waals surface area (Å²) in [5.41, 5.74) is -0.236. The molecular formula is C31H34F3N7O5S. The third-order valence-electron chi connectivity index (χ3n) is 7.65. The number of sulfonamides is 1. The first-order valence-electron chi connectivity index (χ1n) is 14.9. The van der Waals surface area contributed by atoms with Gasteiger partial charge >= 0.3 is 12.1 Å². The van der Waals surface area contributed by atoms with Crippen molar-refractivity contribution in [2.24, 2.45) is 5.41 Å². The van der Waals surface area contributed by atoms with E-state index in [1.165, 1.54) is 40.2 Å². The molecule has 0 aliphatic carbocycles. The van der Waals surface area contributed by atoms with Gasteiger partial charge in [-0.3, -0.25) is 9.52 Å². The van der Waals surface area contributed by atoms with Gasteiger partial charge < -0.3 is 14.7 Å². The van der Waals surface area contributed by atoms with E-state index in [0.717, 1.165) is 38.7 Å². The molecule has 0 saturated heterocycles. The SMILES string of the molecule is CC(C)(COc1ccn(-c2ncc3nc2-c2ccccc2CCCCCCN(CC(=O)O)c2cccc(n2)S(=O)(=O)N3)n1)C(F)(F)F. The zero-order valence-electron chi connectivity index (χ0n) is 25.7. The maximum atomic E-state index is 13.5. The lowest BCUT2D eigenvalue weighted by Gasteiger charge is -2.26. The number of nitrogens with one attached hydrogen (secondary N) is 1. The smallest absolute Gasteiger partial charge is 0.397 e. The number of anilines is 2. The highest BCUT2D eigenvalue weighted by molar-refractivity contribution is 7.92. The van der Waals surface area contributed by atoms with Crippen molar-refractivity contribution in [3.8, 4) is 23.0 Å². The summed E-state index contributed by atoms with van der Waals surface area (Å²) in [4.78, 5) is 26.5. The Morgan fingerprint density at radius 1 is 1.02 bits per heavy atom. The van der Waals surface area contributed by atoms with Gasteiger partial charge in [0.15, 0.2) is 16.7 Å². The number of carboxylic acid groups (broad SMARTS) is 1. The van der Waals surface area contributed by atoms with Crippen molar-refractivity contribution in [1.29, 1.82) is 0 Å². The zero-order valence-corrected chi connectivity index (χ0v) is 26.6. The second-order valence-electron chi connectivity index (χ2n) is 11.8. The maximum absolute atomic E-state index is 13.5. The molecule has 1 aromatic carbocycles. The number of hydrogen-bond donors (Lipinski definition) is 2. The highest BCUT2D eigenvalue weighted by Crippen LogP contribution is 2.38. The van der Waals surface area contributed by atoms with Crippen LogP contribution in [-0.2, 0) is 21.2 Å². The Bertz CT molecular complexity index is 1850. The van der Waals surface area contributed by atoms with Crippen LogP contribution in [0.3, 0.4) is 0 Å². The number of alkyl halides is 3. The van der Waals surface area contributed by atoms with Gasteiger partial charge in [-0.25, -0.2) is 19.6 Å². The summed E-state index contributed by atoms with van der Waals surface area (Å²) < 4.78 is 76.2. The minimum atomic E-state index is -4.48. The molecule has 47 heavy (non-hydrogen) atoms. The molecule has 1 aliphatic rings. The molecule has 0 atom stereocenters. The fourth-order valence-corrected chi connectivity index (χ4v) is 5.87. The molecule has 0 amide bonds. The number of fused-ring (bicyclic) bond motifs is 6.